The van der Waals surface area contributed by atoms with Gasteiger partial charge < -0.3 is 5.32 Å². The van der Waals surface area contributed by atoms with Crippen molar-refractivity contribution in [3.05, 3.63) is 23.5 Å². The summed E-state index contributed by atoms with van der Waals surface area (Å²) in [5.41, 5.74) is 1.15. The fourth-order valence-electron chi connectivity index (χ4n) is 4.85. The third-order valence-corrected chi connectivity index (χ3v) is 5.49. The molecule has 96 valence electrons. The molecule has 4 aliphatic rings. The SMILES string of the molecule is Clc1cc(NC2C3CC4CC(C3)CC2C4)ccn1. The van der Waals surface area contributed by atoms with Gasteiger partial charge in [-0.25, -0.2) is 4.98 Å². The van der Waals surface area contributed by atoms with Crippen LogP contribution in [0.15, 0.2) is 18.3 Å². The predicted octanol–water partition coefficient (Wildman–Crippen LogP) is 3.97. The third-order valence-electron chi connectivity index (χ3n) is 5.29. The number of pyridine rings is 1. The zero-order valence-electron chi connectivity index (χ0n) is 10.5. The number of anilines is 1. The second-order valence-corrected chi connectivity index (χ2v) is 6.86. The Morgan fingerprint density at radius 3 is 2.33 bits per heavy atom. The minimum absolute atomic E-state index is 0.587. The highest BCUT2D eigenvalue weighted by atomic mass is 35.5. The van der Waals surface area contributed by atoms with Crippen molar-refractivity contribution >= 4 is 17.3 Å². The number of halogens is 1. The molecule has 4 fully saturated rings. The number of aromatic nitrogens is 1. The number of hydrogen-bond donors (Lipinski definition) is 1. The lowest BCUT2D eigenvalue weighted by Crippen LogP contribution is -2.51. The van der Waals surface area contributed by atoms with Crippen LogP contribution in [0.3, 0.4) is 0 Å². The molecule has 5 rings (SSSR count). The van der Waals surface area contributed by atoms with Crippen molar-refractivity contribution < 1.29 is 0 Å². The van der Waals surface area contributed by atoms with Crippen molar-refractivity contribution in [3.8, 4) is 0 Å². The zero-order chi connectivity index (χ0) is 12.1. The molecule has 1 heterocycles. The highest BCUT2D eigenvalue weighted by Gasteiger charge is 2.48. The van der Waals surface area contributed by atoms with Crippen molar-refractivity contribution in [1.29, 1.82) is 0 Å². The smallest absolute Gasteiger partial charge is 0.131 e. The molecule has 0 aliphatic heterocycles. The Labute approximate surface area is 113 Å². The standard InChI is InChI=1S/C15H19ClN2/c16-14-8-13(1-2-17-14)18-15-11-4-9-3-10(6-11)7-12(15)5-9/h1-2,8-12,15H,3-7H2,(H,17,18). The van der Waals surface area contributed by atoms with Gasteiger partial charge in [0.25, 0.3) is 0 Å². The lowest BCUT2D eigenvalue weighted by Gasteiger charge is -2.54. The predicted molar refractivity (Wildman–Crippen MR) is 73.7 cm³/mol. The van der Waals surface area contributed by atoms with Crippen molar-refractivity contribution in [3.63, 3.8) is 0 Å². The molecule has 4 aliphatic carbocycles. The Kier molecular flexibility index (Phi) is 2.54. The van der Waals surface area contributed by atoms with E-state index in [0.29, 0.717) is 11.2 Å². The van der Waals surface area contributed by atoms with E-state index in [9.17, 15) is 0 Å². The van der Waals surface area contributed by atoms with E-state index in [2.05, 4.69) is 10.3 Å². The van der Waals surface area contributed by atoms with Gasteiger partial charge in [-0.3, -0.25) is 0 Å². The minimum Gasteiger partial charge on any atom is -0.382 e. The maximum atomic E-state index is 5.96. The summed E-state index contributed by atoms with van der Waals surface area (Å²) < 4.78 is 0. The normalized spacial score (nSPS) is 41.1. The molecule has 1 aromatic rings. The van der Waals surface area contributed by atoms with Crippen LogP contribution in [0.4, 0.5) is 5.69 Å². The number of nitrogens with one attached hydrogen (secondary N) is 1. The van der Waals surface area contributed by atoms with Crippen molar-refractivity contribution in [2.75, 3.05) is 5.32 Å². The average Bonchev–Trinajstić information content (AvgIpc) is 2.33. The molecule has 0 aromatic carbocycles. The van der Waals surface area contributed by atoms with Gasteiger partial charge in [0.1, 0.15) is 5.15 Å². The van der Waals surface area contributed by atoms with Crippen molar-refractivity contribution in [2.45, 2.75) is 38.1 Å². The molecular weight excluding hydrogens is 244 g/mol. The Hall–Kier alpha value is -0.760. The molecule has 0 radical (unpaired) electrons. The van der Waals surface area contributed by atoms with Gasteiger partial charge in [-0.05, 0) is 67.9 Å². The Balaban J connectivity index is 1.55. The second kappa shape index (κ2) is 4.12. The van der Waals surface area contributed by atoms with Crippen LogP contribution in [-0.4, -0.2) is 11.0 Å². The monoisotopic (exact) mass is 262 g/mol. The van der Waals surface area contributed by atoms with E-state index in [4.69, 9.17) is 11.6 Å². The average molecular weight is 263 g/mol. The molecule has 3 heteroatoms. The lowest BCUT2D eigenvalue weighted by molar-refractivity contribution is 0.00754. The molecular formula is C15H19ClN2. The van der Waals surface area contributed by atoms with Crippen LogP contribution in [0.25, 0.3) is 0 Å². The zero-order valence-corrected chi connectivity index (χ0v) is 11.2. The fourth-order valence-corrected chi connectivity index (χ4v) is 5.02. The summed E-state index contributed by atoms with van der Waals surface area (Å²) in [5.74, 6) is 3.86. The third kappa shape index (κ3) is 1.82. The summed E-state index contributed by atoms with van der Waals surface area (Å²) in [6.45, 7) is 0. The van der Waals surface area contributed by atoms with Crippen LogP contribution in [0.5, 0.6) is 0 Å². The Morgan fingerprint density at radius 1 is 1.06 bits per heavy atom. The molecule has 0 atom stereocenters. The van der Waals surface area contributed by atoms with Crippen LogP contribution in [0, 0.1) is 23.7 Å². The van der Waals surface area contributed by atoms with Gasteiger partial charge in [-0.2, -0.15) is 0 Å². The Morgan fingerprint density at radius 2 is 1.72 bits per heavy atom. The first-order chi connectivity index (χ1) is 8.78. The molecule has 1 N–H and O–H groups in total. The van der Waals surface area contributed by atoms with Gasteiger partial charge >= 0.3 is 0 Å². The maximum Gasteiger partial charge on any atom is 0.131 e. The van der Waals surface area contributed by atoms with E-state index in [-0.39, 0.29) is 0 Å². The summed E-state index contributed by atoms with van der Waals surface area (Å²) in [7, 11) is 0. The molecule has 2 nitrogen and oxygen atoms in total. The molecule has 4 bridgehead atoms. The van der Waals surface area contributed by atoms with E-state index in [1.165, 1.54) is 32.1 Å². The molecule has 0 saturated heterocycles. The summed E-state index contributed by atoms with van der Waals surface area (Å²) in [6, 6.07) is 4.67. The highest BCUT2D eigenvalue weighted by molar-refractivity contribution is 6.29. The van der Waals surface area contributed by atoms with Gasteiger partial charge in [0.2, 0.25) is 0 Å². The van der Waals surface area contributed by atoms with Crippen molar-refractivity contribution in [2.24, 2.45) is 23.7 Å². The van der Waals surface area contributed by atoms with Gasteiger partial charge in [0.05, 0.1) is 0 Å². The molecule has 1 aromatic heterocycles. The van der Waals surface area contributed by atoms with E-state index in [1.54, 1.807) is 6.20 Å². The summed E-state index contributed by atoms with van der Waals surface area (Å²) in [6.07, 6.45) is 9.10. The van der Waals surface area contributed by atoms with Crippen LogP contribution < -0.4 is 5.32 Å². The molecule has 18 heavy (non-hydrogen) atoms. The molecule has 0 spiro atoms. The van der Waals surface area contributed by atoms with Crippen LogP contribution in [0.2, 0.25) is 5.15 Å². The summed E-state index contributed by atoms with van der Waals surface area (Å²) in [5, 5.41) is 4.33. The summed E-state index contributed by atoms with van der Waals surface area (Å²) in [4.78, 5) is 4.05. The van der Waals surface area contributed by atoms with Gasteiger partial charge in [0, 0.05) is 17.9 Å². The first kappa shape index (κ1) is 11.1. The number of rotatable bonds is 2. The minimum atomic E-state index is 0.587. The second-order valence-electron chi connectivity index (χ2n) is 6.47. The van der Waals surface area contributed by atoms with Gasteiger partial charge in [0.15, 0.2) is 0 Å². The lowest BCUT2D eigenvalue weighted by atomic mass is 9.54. The fraction of sp³-hybridized carbons (Fsp3) is 0.667. The van der Waals surface area contributed by atoms with E-state index in [0.717, 1.165) is 29.4 Å². The van der Waals surface area contributed by atoms with E-state index in [1.807, 2.05) is 12.1 Å². The van der Waals surface area contributed by atoms with Crippen molar-refractivity contribution in [1.82, 2.24) is 4.98 Å². The largest absolute Gasteiger partial charge is 0.382 e. The molecule has 4 saturated carbocycles. The first-order valence-electron chi connectivity index (χ1n) is 7.16. The van der Waals surface area contributed by atoms with Gasteiger partial charge in [-0.15, -0.1) is 0 Å². The number of nitrogens with zero attached hydrogens (tertiary/aromatic N) is 1. The quantitative estimate of drug-likeness (QED) is 0.816. The summed E-state index contributed by atoms with van der Waals surface area (Å²) >= 11 is 5.96. The van der Waals surface area contributed by atoms with Crippen LogP contribution >= 0.6 is 11.6 Å². The Bertz CT molecular complexity index is 432. The topological polar surface area (TPSA) is 24.9 Å². The number of hydrogen-bond acceptors (Lipinski definition) is 2. The highest BCUT2D eigenvalue weighted by Crippen LogP contribution is 2.54. The first-order valence-corrected chi connectivity index (χ1v) is 7.54. The van der Waals surface area contributed by atoms with Gasteiger partial charge in [-0.1, -0.05) is 11.6 Å². The molecule has 0 amide bonds. The van der Waals surface area contributed by atoms with E-state index >= 15 is 0 Å². The van der Waals surface area contributed by atoms with E-state index < -0.39 is 0 Å². The van der Waals surface area contributed by atoms with Crippen LogP contribution in [-0.2, 0) is 0 Å². The molecule has 0 unspecified atom stereocenters. The van der Waals surface area contributed by atoms with Crippen LogP contribution in [0.1, 0.15) is 32.1 Å². The maximum absolute atomic E-state index is 5.96.